The number of nitrogens with zero attached hydrogens (tertiary/aromatic N) is 2. The van der Waals surface area contributed by atoms with Crippen molar-refractivity contribution < 1.29 is 13.2 Å². The van der Waals surface area contributed by atoms with Crippen molar-refractivity contribution in [1.82, 2.24) is 4.98 Å². The van der Waals surface area contributed by atoms with Crippen molar-refractivity contribution >= 4 is 5.82 Å². The summed E-state index contributed by atoms with van der Waals surface area (Å²) in [5.41, 5.74) is 6.26. The minimum absolute atomic E-state index is 0.0304. The maximum atomic E-state index is 12.5. The number of nitrogens with two attached hydrogens (primary N) is 1. The first kappa shape index (κ1) is 12.2. The first-order valence-corrected chi connectivity index (χ1v) is 5.48. The molecule has 6 heteroatoms. The van der Waals surface area contributed by atoms with Crippen LogP contribution in [0.1, 0.15) is 18.4 Å². The van der Waals surface area contributed by atoms with Crippen LogP contribution in [-0.2, 0) is 6.54 Å². The van der Waals surface area contributed by atoms with E-state index in [9.17, 15) is 13.2 Å². The third kappa shape index (κ3) is 3.33. The van der Waals surface area contributed by atoms with Gasteiger partial charge in [-0.1, -0.05) is 0 Å². The molecule has 0 saturated heterocycles. The van der Waals surface area contributed by atoms with Gasteiger partial charge in [-0.15, -0.1) is 0 Å². The van der Waals surface area contributed by atoms with E-state index in [4.69, 9.17) is 5.73 Å². The zero-order valence-corrected chi connectivity index (χ0v) is 9.24. The number of alkyl halides is 3. The van der Waals surface area contributed by atoms with Gasteiger partial charge in [-0.25, -0.2) is 4.98 Å². The Labute approximate surface area is 97.4 Å². The van der Waals surface area contributed by atoms with E-state index in [-0.39, 0.29) is 6.04 Å². The van der Waals surface area contributed by atoms with Crippen molar-refractivity contribution in [2.24, 2.45) is 5.73 Å². The van der Waals surface area contributed by atoms with Crippen molar-refractivity contribution in [3.05, 3.63) is 23.9 Å². The predicted molar refractivity (Wildman–Crippen MR) is 58.6 cm³/mol. The second kappa shape index (κ2) is 4.52. The average molecular weight is 245 g/mol. The van der Waals surface area contributed by atoms with Gasteiger partial charge in [-0.2, -0.15) is 13.2 Å². The molecule has 17 heavy (non-hydrogen) atoms. The summed E-state index contributed by atoms with van der Waals surface area (Å²) >= 11 is 0. The highest BCUT2D eigenvalue weighted by Crippen LogP contribution is 2.33. The molecule has 0 spiro atoms. The van der Waals surface area contributed by atoms with Crippen LogP contribution in [0.25, 0.3) is 0 Å². The summed E-state index contributed by atoms with van der Waals surface area (Å²) in [7, 11) is 0. The quantitative estimate of drug-likeness (QED) is 0.883. The number of halogens is 3. The molecule has 0 atom stereocenters. The Morgan fingerprint density at radius 1 is 1.41 bits per heavy atom. The van der Waals surface area contributed by atoms with Crippen molar-refractivity contribution in [2.75, 3.05) is 11.4 Å². The summed E-state index contributed by atoms with van der Waals surface area (Å²) in [5, 5.41) is 0. The van der Waals surface area contributed by atoms with Gasteiger partial charge in [0, 0.05) is 18.8 Å². The average Bonchev–Trinajstić information content (AvgIpc) is 3.09. The maximum absolute atomic E-state index is 12.5. The second-order valence-corrected chi connectivity index (χ2v) is 4.20. The van der Waals surface area contributed by atoms with Gasteiger partial charge < -0.3 is 10.6 Å². The van der Waals surface area contributed by atoms with Gasteiger partial charge in [0.05, 0.1) is 0 Å². The fourth-order valence-electron chi connectivity index (χ4n) is 1.72. The maximum Gasteiger partial charge on any atom is 0.405 e. The largest absolute Gasteiger partial charge is 0.405 e. The molecule has 0 aliphatic heterocycles. The minimum atomic E-state index is -4.21. The van der Waals surface area contributed by atoms with E-state index in [1.54, 1.807) is 12.1 Å². The lowest BCUT2D eigenvalue weighted by Crippen LogP contribution is -2.36. The number of anilines is 1. The van der Waals surface area contributed by atoms with Crippen LogP contribution in [0.3, 0.4) is 0 Å². The SMILES string of the molecule is NCc1ccnc(N(CC(F)(F)F)C2CC2)c1. The van der Waals surface area contributed by atoms with Gasteiger partial charge in [0.1, 0.15) is 12.4 Å². The van der Waals surface area contributed by atoms with Crippen LogP contribution in [0, 0.1) is 0 Å². The molecule has 0 bridgehead atoms. The van der Waals surface area contributed by atoms with Gasteiger partial charge in [0.15, 0.2) is 0 Å². The highest BCUT2D eigenvalue weighted by Gasteiger charge is 2.38. The minimum Gasteiger partial charge on any atom is -0.345 e. The van der Waals surface area contributed by atoms with E-state index in [1.807, 2.05) is 0 Å². The van der Waals surface area contributed by atoms with Crippen LogP contribution in [0.4, 0.5) is 19.0 Å². The van der Waals surface area contributed by atoms with Crippen LogP contribution in [-0.4, -0.2) is 23.7 Å². The second-order valence-electron chi connectivity index (χ2n) is 4.20. The topological polar surface area (TPSA) is 42.1 Å². The lowest BCUT2D eigenvalue weighted by atomic mass is 10.2. The van der Waals surface area contributed by atoms with E-state index in [0.717, 1.165) is 18.4 Å². The Balaban J connectivity index is 2.19. The lowest BCUT2D eigenvalue weighted by Gasteiger charge is -2.25. The van der Waals surface area contributed by atoms with Crippen LogP contribution >= 0.6 is 0 Å². The summed E-state index contributed by atoms with van der Waals surface area (Å²) in [5.74, 6) is 0.368. The summed E-state index contributed by atoms with van der Waals surface area (Å²) in [4.78, 5) is 5.32. The molecule has 1 fully saturated rings. The molecule has 1 aromatic rings. The number of aromatic nitrogens is 1. The molecule has 1 aliphatic carbocycles. The lowest BCUT2D eigenvalue weighted by molar-refractivity contribution is -0.120. The molecule has 1 aliphatic rings. The molecule has 1 saturated carbocycles. The van der Waals surface area contributed by atoms with E-state index in [0.29, 0.717) is 12.4 Å². The number of pyridine rings is 1. The zero-order valence-electron chi connectivity index (χ0n) is 9.24. The van der Waals surface area contributed by atoms with Crippen LogP contribution < -0.4 is 10.6 Å². The van der Waals surface area contributed by atoms with Crippen molar-refractivity contribution in [3.8, 4) is 0 Å². The molecule has 0 amide bonds. The monoisotopic (exact) mass is 245 g/mol. The van der Waals surface area contributed by atoms with E-state index >= 15 is 0 Å². The molecule has 0 aromatic carbocycles. The third-order valence-electron chi connectivity index (χ3n) is 2.68. The smallest absolute Gasteiger partial charge is 0.345 e. The molecule has 1 heterocycles. The molecule has 0 radical (unpaired) electrons. The summed E-state index contributed by atoms with van der Waals surface area (Å²) in [6.45, 7) is -0.640. The molecule has 0 unspecified atom stereocenters. The summed E-state index contributed by atoms with van der Waals surface area (Å²) < 4.78 is 37.4. The fourth-order valence-corrected chi connectivity index (χ4v) is 1.72. The molecular weight excluding hydrogens is 231 g/mol. The zero-order chi connectivity index (χ0) is 12.5. The Kier molecular flexibility index (Phi) is 3.24. The summed E-state index contributed by atoms with van der Waals surface area (Å²) in [6.07, 6.45) is -1.11. The highest BCUT2D eigenvalue weighted by molar-refractivity contribution is 5.43. The number of hydrogen-bond acceptors (Lipinski definition) is 3. The van der Waals surface area contributed by atoms with Crippen LogP contribution in [0.2, 0.25) is 0 Å². The molecule has 94 valence electrons. The third-order valence-corrected chi connectivity index (χ3v) is 2.68. The van der Waals surface area contributed by atoms with Gasteiger partial charge in [0.2, 0.25) is 0 Å². The first-order chi connectivity index (χ1) is 7.99. The molecule has 1 aromatic heterocycles. The Hall–Kier alpha value is -1.30. The van der Waals surface area contributed by atoms with Gasteiger partial charge in [0.25, 0.3) is 0 Å². The van der Waals surface area contributed by atoms with E-state index < -0.39 is 12.7 Å². The Bertz CT molecular complexity index is 388. The predicted octanol–water partition coefficient (Wildman–Crippen LogP) is 2.07. The van der Waals surface area contributed by atoms with Gasteiger partial charge >= 0.3 is 6.18 Å². The Morgan fingerprint density at radius 2 is 2.12 bits per heavy atom. The normalized spacial score (nSPS) is 16.0. The highest BCUT2D eigenvalue weighted by atomic mass is 19.4. The molecular formula is C11H14F3N3. The summed E-state index contributed by atoms with van der Waals surface area (Å²) in [6, 6.07) is 3.31. The molecule has 3 nitrogen and oxygen atoms in total. The molecule has 2 rings (SSSR count). The van der Waals surface area contributed by atoms with Crippen LogP contribution in [0.15, 0.2) is 18.3 Å². The van der Waals surface area contributed by atoms with E-state index in [1.165, 1.54) is 11.1 Å². The number of rotatable bonds is 4. The van der Waals surface area contributed by atoms with Gasteiger partial charge in [-0.05, 0) is 30.5 Å². The standard InChI is InChI=1S/C11H14F3N3/c12-11(13,14)7-17(9-1-2-9)10-5-8(6-15)3-4-16-10/h3-5,9H,1-2,6-7,15H2. The molecule has 2 N–H and O–H groups in total. The number of hydrogen-bond donors (Lipinski definition) is 1. The van der Waals surface area contributed by atoms with Crippen molar-refractivity contribution in [1.29, 1.82) is 0 Å². The fraction of sp³-hybridized carbons (Fsp3) is 0.545. The van der Waals surface area contributed by atoms with Crippen molar-refractivity contribution in [3.63, 3.8) is 0 Å². The van der Waals surface area contributed by atoms with Gasteiger partial charge in [-0.3, -0.25) is 0 Å². The van der Waals surface area contributed by atoms with E-state index in [2.05, 4.69) is 4.98 Å². The van der Waals surface area contributed by atoms with Crippen LogP contribution in [0.5, 0.6) is 0 Å². The Morgan fingerprint density at radius 3 is 2.65 bits per heavy atom. The first-order valence-electron chi connectivity index (χ1n) is 5.48. The van der Waals surface area contributed by atoms with Crippen molar-refractivity contribution in [2.45, 2.75) is 31.6 Å².